The van der Waals surface area contributed by atoms with Crippen LogP contribution >= 0.6 is 11.6 Å². The Kier molecular flexibility index (Phi) is 3.41. The molecule has 88 valence electrons. The Labute approximate surface area is 102 Å². The fourth-order valence-corrected chi connectivity index (χ4v) is 1.64. The fourth-order valence-electron chi connectivity index (χ4n) is 1.52. The summed E-state index contributed by atoms with van der Waals surface area (Å²) in [5.41, 5.74) is 0.867. The maximum Gasteiger partial charge on any atom is 0.142 e. The summed E-state index contributed by atoms with van der Waals surface area (Å²) in [4.78, 5) is 0. The molecule has 0 amide bonds. The fraction of sp³-hybridized carbons (Fsp3) is 0.0769. The molecule has 4 heteroatoms. The first-order valence-corrected chi connectivity index (χ1v) is 5.34. The Hall–Kier alpha value is -1.45. The predicted octanol–water partition coefficient (Wildman–Crippen LogP) is 3.70. The molecular formula is C13H9ClF2O. The van der Waals surface area contributed by atoms with Crippen LogP contribution in [0.5, 0.6) is 0 Å². The summed E-state index contributed by atoms with van der Waals surface area (Å²) in [7, 11) is 0. The van der Waals surface area contributed by atoms with E-state index in [1.54, 1.807) is 0 Å². The average molecular weight is 255 g/mol. The van der Waals surface area contributed by atoms with E-state index < -0.39 is 11.9 Å². The summed E-state index contributed by atoms with van der Waals surface area (Å²) in [6.07, 6.45) is -0.998. The van der Waals surface area contributed by atoms with E-state index in [0.29, 0.717) is 11.1 Å². The Morgan fingerprint density at radius 3 is 2.12 bits per heavy atom. The number of rotatable bonds is 2. The molecule has 0 saturated heterocycles. The molecule has 0 aliphatic rings. The monoisotopic (exact) mass is 254 g/mol. The second-order valence-electron chi connectivity index (χ2n) is 3.63. The van der Waals surface area contributed by atoms with E-state index in [-0.39, 0.29) is 10.8 Å². The highest BCUT2D eigenvalue weighted by atomic mass is 35.5. The summed E-state index contributed by atoms with van der Waals surface area (Å²) >= 11 is 5.55. The molecule has 0 spiro atoms. The molecule has 2 aromatic carbocycles. The molecule has 0 unspecified atom stereocenters. The van der Waals surface area contributed by atoms with Crippen LogP contribution < -0.4 is 0 Å². The van der Waals surface area contributed by atoms with Crippen LogP contribution in [0, 0.1) is 11.6 Å². The molecule has 0 saturated carbocycles. The molecule has 0 aliphatic heterocycles. The molecule has 2 aromatic rings. The van der Waals surface area contributed by atoms with Gasteiger partial charge >= 0.3 is 0 Å². The van der Waals surface area contributed by atoms with Gasteiger partial charge in [0.25, 0.3) is 0 Å². The highest BCUT2D eigenvalue weighted by molar-refractivity contribution is 6.30. The lowest BCUT2D eigenvalue weighted by Gasteiger charge is -2.11. The first-order valence-electron chi connectivity index (χ1n) is 4.96. The van der Waals surface area contributed by atoms with E-state index in [4.69, 9.17) is 11.6 Å². The molecule has 0 aliphatic carbocycles. The predicted molar refractivity (Wildman–Crippen MR) is 61.9 cm³/mol. The number of aliphatic hydroxyl groups is 1. The van der Waals surface area contributed by atoms with Crippen molar-refractivity contribution in [1.82, 2.24) is 0 Å². The van der Waals surface area contributed by atoms with Crippen molar-refractivity contribution in [3.8, 4) is 0 Å². The summed E-state index contributed by atoms with van der Waals surface area (Å²) in [5, 5.41) is 9.97. The number of halogens is 3. The zero-order chi connectivity index (χ0) is 12.4. The van der Waals surface area contributed by atoms with Gasteiger partial charge in [0, 0.05) is 0 Å². The first-order chi connectivity index (χ1) is 8.08. The standard InChI is InChI=1S/C13H9ClF2O/c14-11-6-3-9(7-12(11)16)13(17)8-1-4-10(15)5-2-8/h1-7,13,17H/t13-/m1/s1. The van der Waals surface area contributed by atoms with Gasteiger partial charge in [0.1, 0.15) is 17.7 Å². The lowest BCUT2D eigenvalue weighted by Crippen LogP contribution is -2.00. The van der Waals surface area contributed by atoms with Crippen molar-refractivity contribution in [2.24, 2.45) is 0 Å². The van der Waals surface area contributed by atoms with Gasteiger partial charge in [-0.25, -0.2) is 8.78 Å². The Balaban J connectivity index is 2.33. The van der Waals surface area contributed by atoms with Gasteiger partial charge < -0.3 is 5.11 Å². The van der Waals surface area contributed by atoms with Gasteiger partial charge in [-0.1, -0.05) is 29.8 Å². The van der Waals surface area contributed by atoms with Crippen LogP contribution in [0.2, 0.25) is 5.02 Å². The SMILES string of the molecule is O[C@H](c1ccc(F)cc1)c1ccc(Cl)c(F)c1. The third kappa shape index (κ3) is 2.62. The van der Waals surface area contributed by atoms with Crippen molar-refractivity contribution in [1.29, 1.82) is 0 Å². The second-order valence-corrected chi connectivity index (χ2v) is 4.03. The molecule has 0 radical (unpaired) electrons. The molecule has 0 aromatic heterocycles. The summed E-state index contributed by atoms with van der Waals surface area (Å²) < 4.78 is 25.9. The Morgan fingerprint density at radius 2 is 1.53 bits per heavy atom. The average Bonchev–Trinajstić information content (AvgIpc) is 2.33. The lowest BCUT2D eigenvalue weighted by atomic mass is 10.0. The van der Waals surface area contributed by atoms with E-state index in [1.165, 1.54) is 36.4 Å². The highest BCUT2D eigenvalue weighted by Gasteiger charge is 2.12. The van der Waals surface area contributed by atoms with Crippen LogP contribution in [0.1, 0.15) is 17.2 Å². The normalized spacial score (nSPS) is 12.5. The smallest absolute Gasteiger partial charge is 0.142 e. The molecule has 2 rings (SSSR count). The van der Waals surface area contributed by atoms with Crippen LogP contribution in [-0.2, 0) is 0 Å². The number of benzene rings is 2. The van der Waals surface area contributed by atoms with E-state index >= 15 is 0 Å². The minimum Gasteiger partial charge on any atom is -0.384 e. The molecule has 0 heterocycles. The van der Waals surface area contributed by atoms with Crippen molar-refractivity contribution < 1.29 is 13.9 Å². The number of hydrogen-bond donors (Lipinski definition) is 1. The Morgan fingerprint density at radius 1 is 0.941 bits per heavy atom. The molecule has 1 nitrogen and oxygen atoms in total. The van der Waals surface area contributed by atoms with E-state index in [9.17, 15) is 13.9 Å². The highest BCUT2D eigenvalue weighted by Crippen LogP contribution is 2.25. The van der Waals surface area contributed by atoms with Crippen molar-refractivity contribution >= 4 is 11.6 Å². The molecule has 0 fully saturated rings. The number of aliphatic hydroxyl groups excluding tert-OH is 1. The van der Waals surface area contributed by atoms with Gasteiger partial charge in [-0.15, -0.1) is 0 Å². The summed E-state index contributed by atoms with van der Waals surface area (Å²) in [6, 6.07) is 9.45. The van der Waals surface area contributed by atoms with Gasteiger partial charge in [0.2, 0.25) is 0 Å². The minimum atomic E-state index is -0.998. The zero-order valence-electron chi connectivity index (χ0n) is 8.70. The van der Waals surface area contributed by atoms with Crippen molar-refractivity contribution in [2.75, 3.05) is 0 Å². The van der Waals surface area contributed by atoms with Crippen molar-refractivity contribution in [3.05, 3.63) is 70.2 Å². The zero-order valence-corrected chi connectivity index (χ0v) is 9.46. The largest absolute Gasteiger partial charge is 0.384 e. The third-order valence-corrected chi connectivity index (χ3v) is 2.75. The molecule has 1 N–H and O–H groups in total. The third-order valence-electron chi connectivity index (χ3n) is 2.45. The lowest BCUT2D eigenvalue weighted by molar-refractivity contribution is 0.219. The van der Waals surface area contributed by atoms with Crippen molar-refractivity contribution in [3.63, 3.8) is 0 Å². The van der Waals surface area contributed by atoms with E-state index in [1.807, 2.05) is 0 Å². The van der Waals surface area contributed by atoms with Crippen LogP contribution in [0.4, 0.5) is 8.78 Å². The summed E-state index contributed by atoms with van der Waals surface area (Å²) in [5.74, 6) is -0.978. The topological polar surface area (TPSA) is 20.2 Å². The number of hydrogen-bond acceptors (Lipinski definition) is 1. The van der Waals surface area contributed by atoms with Gasteiger partial charge in [-0.3, -0.25) is 0 Å². The van der Waals surface area contributed by atoms with Crippen LogP contribution in [0.15, 0.2) is 42.5 Å². The summed E-state index contributed by atoms with van der Waals surface area (Å²) in [6.45, 7) is 0. The van der Waals surface area contributed by atoms with E-state index in [2.05, 4.69) is 0 Å². The minimum absolute atomic E-state index is 0.0000520. The van der Waals surface area contributed by atoms with Gasteiger partial charge in [-0.2, -0.15) is 0 Å². The first kappa shape index (κ1) is 12.0. The van der Waals surface area contributed by atoms with Crippen molar-refractivity contribution in [2.45, 2.75) is 6.10 Å². The maximum absolute atomic E-state index is 13.2. The quantitative estimate of drug-likeness (QED) is 0.866. The molecular weight excluding hydrogens is 246 g/mol. The van der Waals surface area contributed by atoms with Gasteiger partial charge in [0.15, 0.2) is 0 Å². The maximum atomic E-state index is 13.2. The molecule has 0 bridgehead atoms. The Bertz CT molecular complexity index is 525. The van der Waals surface area contributed by atoms with E-state index in [0.717, 1.165) is 6.07 Å². The van der Waals surface area contributed by atoms with Crippen LogP contribution in [0.3, 0.4) is 0 Å². The molecule has 1 atom stereocenters. The van der Waals surface area contributed by atoms with Gasteiger partial charge in [-0.05, 0) is 35.4 Å². The molecule has 17 heavy (non-hydrogen) atoms. The van der Waals surface area contributed by atoms with Crippen LogP contribution in [0.25, 0.3) is 0 Å². The van der Waals surface area contributed by atoms with Crippen LogP contribution in [-0.4, -0.2) is 5.11 Å². The van der Waals surface area contributed by atoms with Gasteiger partial charge in [0.05, 0.1) is 5.02 Å². The second kappa shape index (κ2) is 4.82.